The van der Waals surface area contributed by atoms with Crippen LogP contribution in [-0.4, -0.2) is 31.1 Å². The molecule has 1 aliphatic heterocycles. The predicted octanol–water partition coefficient (Wildman–Crippen LogP) is 6.13. The first-order valence-electron chi connectivity index (χ1n) is 13.4. The van der Waals surface area contributed by atoms with Crippen molar-refractivity contribution in [2.24, 2.45) is 0 Å². The molecule has 0 aromatic heterocycles. The Hall–Kier alpha value is -4.59. The van der Waals surface area contributed by atoms with Crippen LogP contribution in [0.25, 0.3) is 6.08 Å². The molecule has 208 valence electrons. The number of hydrogen-bond acceptors (Lipinski definition) is 6. The summed E-state index contributed by atoms with van der Waals surface area (Å²) >= 11 is 0. The van der Waals surface area contributed by atoms with Gasteiger partial charge in [0.15, 0.2) is 11.5 Å². The van der Waals surface area contributed by atoms with E-state index < -0.39 is 17.8 Å². The highest BCUT2D eigenvalue weighted by atomic mass is 16.5. The van der Waals surface area contributed by atoms with Crippen molar-refractivity contribution in [2.75, 3.05) is 18.1 Å². The molecule has 1 saturated heterocycles. The monoisotopic (exact) mass is 542 g/mol. The van der Waals surface area contributed by atoms with E-state index in [1.807, 2.05) is 13.0 Å². The van der Waals surface area contributed by atoms with Crippen molar-refractivity contribution in [1.82, 2.24) is 5.32 Å². The maximum atomic E-state index is 13.3. The number of barbiturate groups is 1. The molecule has 3 aromatic rings. The molecular weight excluding hydrogens is 508 g/mol. The van der Waals surface area contributed by atoms with E-state index in [0.717, 1.165) is 23.3 Å². The number of nitrogens with one attached hydrogen (secondary N) is 1. The molecule has 8 nitrogen and oxygen atoms in total. The molecule has 1 aliphatic rings. The van der Waals surface area contributed by atoms with Gasteiger partial charge in [-0.1, -0.05) is 37.6 Å². The van der Waals surface area contributed by atoms with Crippen LogP contribution in [-0.2, 0) is 16.2 Å². The van der Waals surface area contributed by atoms with Crippen molar-refractivity contribution in [3.63, 3.8) is 0 Å². The smallest absolute Gasteiger partial charge is 0.335 e. The van der Waals surface area contributed by atoms with Gasteiger partial charge in [0.25, 0.3) is 11.8 Å². The van der Waals surface area contributed by atoms with E-state index in [0.29, 0.717) is 48.3 Å². The topological polar surface area (TPSA) is 94.2 Å². The van der Waals surface area contributed by atoms with Crippen LogP contribution in [0.15, 0.2) is 66.2 Å². The number of benzene rings is 3. The highest BCUT2D eigenvalue weighted by molar-refractivity contribution is 6.39. The number of anilines is 1. The fraction of sp³-hybridized carbons (Fsp3) is 0.281. The summed E-state index contributed by atoms with van der Waals surface area (Å²) in [5.74, 6) is 0.174. The maximum absolute atomic E-state index is 13.3. The van der Waals surface area contributed by atoms with E-state index in [9.17, 15) is 14.4 Å². The van der Waals surface area contributed by atoms with E-state index in [-0.39, 0.29) is 5.57 Å². The first-order valence-corrected chi connectivity index (χ1v) is 13.4. The number of carbonyl (C=O) groups excluding carboxylic acids is 3. The van der Waals surface area contributed by atoms with Gasteiger partial charge in [-0.3, -0.25) is 14.9 Å². The van der Waals surface area contributed by atoms with Crippen LogP contribution in [0.4, 0.5) is 10.5 Å². The minimum Gasteiger partial charge on any atom is -0.494 e. The standard InChI is InChI=1S/C32H34N2O6/c1-5-7-16-39-26-13-11-25(12-14-26)34-31(36)27(30(35)33-32(34)37)18-23-10-15-28(29(19-23)38-6-2)40-20-24-9-8-21(3)22(4)17-24/h8-15,17-19H,5-7,16,20H2,1-4H3,(H,33,35,37)/b27-18-. The molecule has 4 amide bonds. The summed E-state index contributed by atoms with van der Waals surface area (Å²) in [6.07, 6.45) is 3.38. The third-order valence-corrected chi connectivity index (χ3v) is 6.51. The summed E-state index contributed by atoms with van der Waals surface area (Å²) in [7, 11) is 0. The van der Waals surface area contributed by atoms with Gasteiger partial charge in [-0.15, -0.1) is 0 Å². The molecule has 1 heterocycles. The molecule has 0 unspecified atom stereocenters. The molecular formula is C32H34N2O6. The Morgan fingerprint density at radius 2 is 1.60 bits per heavy atom. The van der Waals surface area contributed by atoms with E-state index in [1.165, 1.54) is 17.2 Å². The van der Waals surface area contributed by atoms with E-state index in [2.05, 4.69) is 38.2 Å². The minimum absolute atomic E-state index is 0.172. The highest BCUT2D eigenvalue weighted by Gasteiger charge is 2.36. The average molecular weight is 543 g/mol. The fourth-order valence-electron chi connectivity index (χ4n) is 4.14. The van der Waals surface area contributed by atoms with Crippen LogP contribution >= 0.6 is 0 Å². The second-order valence-corrected chi connectivity index (χ2v) is 9.50. The molecule has 0 aliphatic carbocycles. The molecule has 4 rings (SSSR count). The average Bonchev–Trinajstić information content (AvgIpc) is 2.93. The summed E-state index contributed by atoms with van der Waals surface area (Å²) < 4.78 is 17.5. The van der Waals surface area contributed by atoms with Gasteiger partial charge in [-0.25, -0.2) is 9.69 Å². The van der Waals surface area contributed by atoms with E-state index in [4.69, 9.17) is 14.2 Å². The van der Waals surface area contributed by atoms with Crippen LogP contribution in [0.2, 0.25) is 0 Å². The van der Waals surface area contributed by atoms with Crippen molar-refractivity contribution >= 4 is 29.6 Å². The Balaban J connectivity index is 1.55. The van der Waals surface area contributed by atoms with E-state index in [1.54, 1.807) is 42.5 Å². The maximum Gasteiger partial charge on any atom is 0.335 e. The molecule has 40 heavy (non-hydrogen) atoms. The summed E-state index contributed by atoms with van der Waals surface area (Å²) in [5, 5.41) is 2.25. The summed E-state index contributed by atoms with van der Waals surface area (Å²) in [4.78, 5) is 39.5. The first kappa shape index (κ1) is 28.4. The third kappa shape index (κ3) is 6.69. The number of ether oxygens (including phenoxy) is 3. The molecule has 0 atom stereocenters. The van der Waals surface area contributed by atoms with Crippen molar-refractivity contribution in [2.45, 2.75) is 47.1 Å². The van der Waals surface area contributed by atoms with Gasteiger partial charge in [0.05, 0.1) is 18.9 Å². The molecule has 3 aromatic carbocycles. The lowest BCUT2D eigenvalue weighted by Gasteiger charge is -2.26. The minimum atomic E-state index is -0.808. The molecule has 0 saturated carbocycles. The number of imide groups is 2. The van der Waals surface area contributed by atoms with Crippen molar-refractivity contribution in [1.29, 1.82) is 0 Å². The summed E-state index contributed by atoms with van der Waals surface area (Å²) in [6, 6.07) is 17.1. The number of urea groups is 1. The Bertz CT molecular complexity index is 1430. The van der Waals surface area contributed by atoms with Gasteiger partial charge >= 0.3 is 6.03 Å². The molecule has 8 heteroatoms. The number of hydrogen-bond donors (Lipinski definition) is 1. The quantitative estimate of drug-likeness (QED) is 0.178. The van der Waals surface area contributed by atoms with Gasteiger partial charge in [-0.05, 0) is 91.9 Å². The van der Waals surface area contributed by atoms with Crippen LogP contribution < -0.4 is 24.4 Å². The first-order chi connectivity index (χ1) is 19.3. The number of amides is 4. The lowest BCUT2D eigenvalue weighted by molar-refractivity contribution is -0.122. The molecule has 1 N–H and O–H groups in total. The largest absolute Gasteiger partial charge is 0.494 e. The number of unbranched alkanes of at least 4 members (excludes halogenated alkanes) is 1. The predicted molar refractivity (Wildman–Crippen MR) is 154 cm³/mol. The Kier molecular flexibility index (Phi) is 9.22. The lowest BCUT2D eigenvalue weighted by atomic mass is 10.1. The van der Waals surface area contributed by atoms with Crippen molar-refractivity contribution < 1.29 is 28.6 Å². The number of rotatable bonds is 11. The fourth-order valence-corrected chi connectivity index (χ4v) is 4.14. The molecule has 0 radical (unpaired) electrons. The van der Waals surface area contributed by atoms with Crippen molar-refractivity contribution in [3.05, 3.63) is 88.5 Å². The second kappa shape index (κ2) is 13.0. The number of nitrogens with zero attached hydrogens (tertiary/aromatic N) is 1. The van der Waals surface area contributed by atoms with Gasteiger partial charge in [0.2, 0.25) is 0 Å². The Morgan fingerprint density at radius 3 is 2.30 bits per heavy atom. The van der Waals surface area contributed by atoms with Crippen LogP contribution in [0, 0.1) is 13.8 Å². The normalized spacial score (nSPS) is 14.3. The Labute approximate surface area is 234 Å². The van der Waals surface area contributed by atoms with Gasteiger partial charge in [-0.2, -0.15) is 0 Å². The number of aryl methyl sites for hydroxylation is 2. The third-order valence-electron chi connectivity index (χ3n) is 6.51. The van der Waals surface area contributed by atoms with E-state index >= 15 is 0 Å². The molecule has 0 spiro atoms. The van der Waals surface area contributed by atoms with Gasteiger partial charge < -0.3 is 14.2 Å². The lowest BCUT2D eigenvalue weighted by Crippen LogP contribution is -2.54. The highest BCUT2D eigenvalue weighted by Crippen LogP contribution is 2.31. The zero-order valence-corrected chi connectivity index (χ0v) is 23.3. The SMILES string of the molecule is CCCCOc1ccc(N2C(=O)NC(=O)/C(=C/c3ccc(OCc4ccc(C)c(C)c4)c(OCC)c3)C2=O)cc1. The van der Waals surface area contributed by atoms with Gasteiger partial charge in [0.1, 0.15) is 17.9 Å². The zero-order chi connectivity index (χ0) is 28.6. The van der Waals surface area contributed by atoms with Crippen LogP contribution in [0.1, 0.15) is 48.9 Å². The second-order valence-electron chi connectivity index (χ2n) is 9.50. The molecule has 0 bridgehead atoms. The molecule has 1 fully saturated rings. The van der Waals surface area contributed by atoms with Crippen LogP contribution in [0.3, 0.4) is 0 Å². The summed E-state index contributed by atoms with van der Waals surface area (Å²) in [5.41, 5.74) is 4.14. The van der Waals surface area contributed by atoms with Crippen LogP contribution in [0.5, 0.6) is 17.2 Å². The Morgan fingerprint density at radius 1 is 0.825 bits per heavy atom. The summed E-state index contributed by atoms with van der Waals surface area (Å²) in [6.45, 7) is 9.41. The van der Waals surface area contributed by atoms with Crippen molar-refractivity contribution in [3.8, 4) is 17.2 Å². The number of carbonyl (C=O) groups is 3. The zero-order valence-electron chi connectivity index (χ0n) is 23.3. The van der Waals surface area contributed by atoms with Gasteiger partial charge in [0, 0.05) is 0 Å².